The quantitative estimate of drug-likeness (QED) is 0.798. The van der Waals surface area contributed by atoms with Crippen LogP contribution in [0.25, 0.3) is 0 Å². The first-order valence-corrected chi connectivity index (χ1v) is 6.91. The van der Waals surface area contributed by atoms with Gasteiger partial charge in [-0.1, -0.05) is 6.07 Å². The lowest BCUT2D eigenvalue weighted by molar-refractivity contribution is 0.547. The average Bonchev–Trinajstić information content (AvgIpc) is 2.12. The Morgan fingerprint density at radius 2 is 2.07 bits per heavy atom. The van der Waals surface area contributed by atoms with Gasteiger partial charge in [0.1, 0.15) is 4.90 Å². The molecule has 0 amide bonds. The summed E-state index contributed by atoms with van der Waals surface area (Å²) in [4.78, 5) is 0.376. The molecule has 1 aromatic carbocycles. The fraction of sp³-hybridized carbons (Fsp3) is 0.400. The molecule has 82 valence electrons. The third-order valence-electron chi connectivity index (χ3n) is 2.67. The smallest absolute Gasteiger partial charge is 0.188 e. The molecule has 0 atom stereocenters. The van der Waals surface area contributed by atoms with E-state index in [0.29, 0.717) is 21.6 Å². The van der Waals surface area contributed by atoms with Gasteiger partial charge in [0.25, 0.3) is 0 Å². The molecule has 1 aromatic rings. The maximum absolute atomic E-state index is 12.3. The van der Waals surface area contributed by atoms with Gasteiger partial charge in [0.15, 0.2) is 9.84 Å². The molecule has 0 fully saturated rings. The molecule has 3 nitrogen and oxygen atoms in total. The van der Waals surface area contributed by atoms with Crippen LogP contribution >= 0.6 is 15.9 Å². The molecule has 0 saturated heterocycles. The molecule has 2 rings (SSSR count). The second-order valence-electron chi connectivity index (χ2n) is 4.23. The summed E-state index contributed by atoms with van der Waals surface area (Å²) in [5.74, 6) is 0. The first-order chi connectivity index (χ1) is 6.86. The van der Waals surface area contributed by atoms with Crippen molar-refractivity contribution in [2.75, 3.05) is 11.9 Å². The maximum Gasteiger partial charge on any atom is 0.188 e. The van der Waals surface area contributed by atoms with Gasteiger partial charge in [-0.05, 0) is 41.9 Å². The Morgan fingerprint density at radius 1 is 1.40 bits per heavy atom. The molecule has 1 heterocycles. The normalized spacial score (nSPS) is 21.5. The van der Waals surface area contributed by atoms with E-state index in [1.54, 1.807) is 26.0 Å². The van der Waals surface area contributed by atoms with E-state index in [4.69, 9.17) is 0 Å². The second kappa shape index (κ2) is 3.22. The highest BCUT2D eigenvalue weighted by molar-refractivity contribution is 9.10. The van der Waals surface area contributed by atoms with Gasteiger partial charge in [0, 0.05) is 11.0 Å². The number of halogens is 1. The minimum absolute atomic E-state index is 0.376. The minimum atomic E-state index is -3.26. The van der Waals surface area contributed by atoms with Gasteiger partial charge in [-0.25, -0.2) is 8.42 Å². The summed E-state index contributed by atoms with van der Waals surface area (Å²) in [7, 11) is -3.26. The highest BCUT2D eigenvalue weighted by atomic mass is 79.9. The first-order valence-electron chi connectivity index (χ1n) is 4.63. The van der Waals surface area contributed by atoms with Gasteiger partial charge in [-0.15, -0.1) is 0 Å². The molecule has 15 heavy (non-hydrogen) atoms. The van der Waals surface area contributed by atoms with Crippen LogP contribution in [0.1, 0.15) is 13.8 Å². The van der Waals surface area contributed by atoms with Gasteiger partial charge in [-0.3, -0.25) is 0 Å². The van der Waals surface area contributed by atoms with E-state index < -0.39 is 14.6 Å². The number of nitrogens with one attached hydrogen (secondary N) is 1. The largest absolute Gasteiger partial charge is 0.382 e. The summed E-state index contributed by atoms with van der Waals surface area (Å²) >= 11 is 3.29. The summed E-state index contributed by atoms with van der Waals surface area (Å²) in [5, 5.41) is 3.14. The summed E-state index contributed by atoms with van der Waals surface area (Å²) in [6.07, 6.45) is 0. The highest BCUT2D eigenvalue weighted by Crippen LogP contribution is 2.39. The number of rotatable bonds is 0. The monoisotopic (exact) mass is 289 g/mol. The molecule has 0 unspecified atom stereocenters. The van der Waals surface area contributed by atoms with Crippen LogP contribution in [0.5, 0.6) is 0 Å². The van der Waals surface area contributed by atoms with Crippen molar-refractivity contribution in [1.82, 2.24) is 0 Å². The van der Waals surface area contributed by atoms with E-state index in [1.807, 2.05) is 6.07 Å². The zero-order valence-electron chi connectivity index (χ0n) is 8.54. The van der Waals surface area contributed by atoms with E-state index in [2.05, 4.69) is 21.2 Å². The van der Waals surface area contributed by atoms with E-state index in [-0.39, 0.29) is 0 Å². The Morgan fingerprint density at radius 3 is 2.73 bits per heavy atom. The molecule has 0 saturated carbocycles. The highest BCUT2D eigenvalue weighted by Gasteiger charge is 2.41. The molecule has 1 aliphatic rings. The number of fused-ring (bicyclic) bond motifs is 1. The van der Waals surface area contributed by atoms with Crippen LogP contribution in [-0.2, 0) is 9.84 Å². The van der Waals surface area contributed by atoms with Crippen molar-refractivity contribution in [3.8, 4) is 0 Å². The van der Waals surface area contributed by atoms with Crippen molar-refractivity contribution in [2.45, 2.75) is 23.5 Å². The topological polar surface area (TPSA) is 46.2 Å². The van der Waals surface area contributed by atoms with Gasteiger partial charge in [0.2, 0.25) is 0 Å². The molecule has 1 aliphatic heterocycles. The summed E-state index contributed by atoms with van der Waals surface area (Å²) < 4.78 is 24.4. The molecule has 1 N–H and O–H groups in total. The number of anilines is 1. The average molecular weight is 290 g/mol. The van der Waals surface area contributed by atoms with Crippen LogP contribution in [0.4, 0.5) is 5.69 Å². The Kier molecular flexibility index (Phi) is 2.35. The summed E-state index contributed by atoms with van der Waals surface area (Å²) in [6.45, 7) is 3.91. The third-order valence-corrected chi connectivity index (χ3v) is 6.17. The van der Waals surface area contributed by atoms with E-state index in [1.165, 1.54) is 0 Å². The van der Waals surface area contributed by atoms with Gasteiger partial charge >= 0.3 is 0 Å². The minimum Gasteiger partial charge on any atom is -0.382 e. The second-order valence-corrected chi connectivity index (χ2v) is 7.61. The number of hydrogen-bond donors (Lipinski definition) is 1. The molecule has 0 aromatic heterocycles. The number of benzene rings is 1. The number of sulfone groups is 1. The van der Waals surface area contributed by atoms with E-state index in [0.717, 1.165) is 0 Å². The molecule has 0 radical (unpaired) electrons. The lowest BCUT2D eigenvalue weighted by atomic mass is 10.2. The lowest BCUT2D eigenvalue weighted by Crippen LogP contribution is -2.43. The molecule has 0 bridgehead atoms. The Labute approximate surface area is 97.9 Å². The Balaban J connectivity index is 2.78. The maximum atomic E-state index is 12.3. The van der Waals surface area contributed by atoms with Crippen molar-refractivity contribution in [1.29, 1.82) is 0 Å². The van der Waals surface area contributed by atoms with Crippen LogP contribution in [-0.4, -0.2) is 19.7 Å². The van der Waals surface area contributed by atoms with Crippen molar-refractivity contribution in [3.63, 3.8) is 0 Å². The standard InChI is InChI=1S/C10H12BrNO2S/c1-10(2)6-12-8-5-3-4-7(11)9(8)15(10,13)14/h3-5,12H,6H2,1-2H3. The van der Waals surface area contributed by atoms with Gasteiger partial charge < -0.3 is 5.32 Å². The molecular formula is C10H12BrNO2S. The number of hydrogen-bond acceptors (Lipinski definition) is 3. The fourth-order valence-electron chi connectivity index (χ4n) is 1.60. The van der Waals surface area contributed by atoms with E-state index >= 15 is 0 Å². The van der Waals surface area contributed by atoms with Crippen molar-refractivity contribution in [2.24, 2.45) is 0 Å². The Hall–Kier alpha value is -0.550. The Bertz CT molecular complexity index is 508. The molecular weight excluding hydrogens is 278 g/mol. The van der Waals surface area contributed by atoms with Crippen molar-refractivity contribution < 1.29 is 8.42 Å². The van der Waals surface area contributed by atoms with Crippen LogP contribution in [0.2, 0.25) is 0 Å². The summed E-state index contributed by atoms with van der Waals surface area (Å²) in [6, 6.07) is 5.36. The van der Waals surface area contributed by atoms with E-state index in [9.17, 15) is 8.42 Å². The third kappa shape index (κ3) is 1.49. The summed E-state index contributed by atoms with van der Waals surface area (Å²) in [5.41, 5.74) is 0.684. The lowest BCUT2D eigenvalue weighted by Gasteiger charge is -2.32. The van der Waals surface area contributed by atoms with Crippen LogP contribution in [0.15, 0.2) is 27.6 Å². The zero-order valence-corrected chi connectivity index (χ0v) is 10.9. The van der Waals surface area contributed by atoms with Crippen molar-refractivity contribution >= 4 is 31.5 Å². The van der Waals surface area contributed by atoms with Crippen LogP contribution in [0, 0.1) is 0 Å². The molecule has 0 aliphatic carbocycles. The molecule has 5 heteroatoms. The van der Waals surface area contributed by atoms with Crippen molar-refractivity contribution in [3.05, 3.63) is 22.7 Å². The predicted octanol–water partition coefficient (Wildman–Crippen LogP) is 2.43. The first kappa shape index (κ1) is 11.0. The van der Waals surface area contributed by atoms with Gasteiger partial charge in [0.05, 0.1) is 10.4 Å². The zero-order chi connectivity index (χ0) is 11.3. The van der Waals surface area contributed by atoms with Crippen LogP contribution in [0.3, 0.4) is 0 Å². The van der Waals surface area contributed by atoms with Gasteiger partial charge in [-0.2, -0.15) is 0 Å². The van der Waals surface area contributed by atoms with Crippen LogP contribution < -0.4 is 5.32 Å². The molecule has 0 spiro atoms. The SMILES string of the molecule is CC1(C)CNc2cccc(Br)c2S1(=O)=O. The predicted molar refractivity (Wildman–Crippen MR) is 63.9 cm³/mol. The fourth-order valence-corrected chi connectivity index (χ4v) is 4.18.